The van der Waals surface area contributed by atoms with Crippen molar-refractivity contribution in [2.45, 2.75) is 11.5 Å². The van der Waals surface area contributed by atoms with Gasteiger partial charge in [0.1, 0.15) is 29.7 Å². The molecule has 1 aromatic heterocycles. The number of aromatic nitrogens is 2. The van der Waals surface area contributed by atoms with Crippen molar-refractivity contribution in [2.75, 3.05) is 13.4 Å². The van der Waals surface area contributed by atoms with Crippen LogP contribution in [0.1, 0.15) is 5.56 Å². The summed E-state index contributed by atoms with van der Waals surface area (Å²) in [6.07, 6.45) is 2.86. The molecule has 0 bridgehead atoms. The Morgan fingerprint density at radius 2 is 1.67 bits per heavy atom. The van der Waals surface area contributed by atoms with Gasteiger partial charge in [0.15, 0.2) is 9.84 Å². The lowest BCUT2D eigenvalue weighted by Gasteiger charge is -2.13. The van der Waals surface area contributed by atoms with Crippen LogP contribution in [0.2, 0.25) is 0 Å². The highest BCUT2D eigenvalue weighted by molar-refractivity contribution is 7.90. The molecule has 7 nitrogen and oxygen atoms in total. The fourth-order valence-electron chi connectivity index (χ4n) is 3.06. The molecule has 0 aliphatic carbocycles. The maximum absolute atomic E-state index is 14.0. The molecule has 4 rings (SSSR count). The second-order valence-corrected chi connectivity index (χ2v) is 9.21. The first-order valence-electron chi connectivity index (χ1n) is 9.91. The summed E-state index contributed by atoms with van der Waals surface area (Å²) >= 11 is 0. The summed E-state index contributed by atoms with van der Waals surface area (Å²) in [5.41, 5.74) is 1.05. The van der Waals surface area contributed by atoms with Gasteiger partial charge < -0.3 is 14.2 Å². The molecular weight excluding hydrogens is 447 g/mol. The molecule has 0 saturated heterocycles. The maximum atomic E-state index is 14.0. The van der Waals surface area contributed by atoms with E-state index in [0.717, 1.165) is 6.26 Å². The minimum absolute atomic E-state index is 0.0288. The van der Waals surface area contributed by atoms with Crippen molar-refractivity contribution >= 4 is 9.84 Å². The molecule has 0 unspecified atom stereocenters. The summed E-state index contributed by atoms with van der Waals surface area (Å²) in [5, 5.41) is 4.32. The fourth-order valence-corrected chi connectivity index (χ4v) is 3.69. The first-order valence-corrected chi connectivity index (χ1v) is 11.8. The van der Waals surface area contributed by atoms with Gasteiger partial charge in [0, 0.05) is 42.3 Å². The van der Waals surface area contributed by atoms with Crippen LogP contribution in [-0.4, -0.2) is 31.6 Å². The van der Waals surface area contributed by atoms with Crippen LogP contribution < -0.4 is 14.2 Å². The number of halogens is 1. The van der Waals surface area contributed by atoms with Gasteiger partial charge in [-0.25, -0.2) is 17.5 Å². The van der Waals surface area contributed by atoms with Gasteiger partial charge in [-0.1, -0.05) is 18.2 Å². The van der Waals surface area contributed by atoms with E-state index in [9.17, 15) is 12.8 Å². The number of methoxy groups -OCH3 is 1. The first-order chi connectivity index (χ1) is 15.8. The highest BCUT2D eigenvalue weighted by Crippen LogP contribution is 2.30. The number of sulfone groups is 1. The average Bonchev–Trinajstić information content (AvgIpc) is 3.28. The molecule has 170 valence electrons. The number of nitrogens with zero attached hydrogens (tertiary/aromatic N) is 2. The normalized spacial score (nSPS) is 11.2. The van der Waals surface area contributed by atoms with E-state index in [-0.39, 0.29) is 17.3 Å². The second-order valence-electron chi connectivity index (χ2n) is 7.19. The van der Waals surface area contributed by atoms with Crippen LogP contribution in [0.3, 0.4) is 0 Å². The molecule has 0 fully saturated rings. The van der Waals surface area contributed by atoms with E-state index >= 15 is 0 Å². The second kappa shape index (κ2) is 9.33. The van der Waals surface area contributed by atoms with E-state index in [1.54, 1.807) is 65.5 Å². The monoisotopic (exact) mass is 468 g/mol. The number of ether oxygens (including phenoxy) is 3. The zero-order valence-corrected chi connectivity index (χ0v) is 18.8. The van der Waals surface area contributed by atoms with Crippen LogP contribution in [0.4, 0.5) is 4.39 Å². The van der Waals surface area contributed by atoms with Crippen LogP contribution in [0, 0.1) is 5.82 Å². The highest BCUT2D eigenvalue weighted by Gasteiger charge is 2.11. The Balaban J connectivity index is 1.64. The van der Waals surface area contributed by atoms with E-state index in [2.05, 4.69) is 5.10 Å². The molecule has 0 saturated carbocycles. The molecule has 0 N–H and O–H groups in total. The van der Waals surface area contributed by atoms with Gasteiger partial charge >= 0.3 is 0 Å². The van der Waals surface area contributed by atoms with Crippen molar-refractivity contribution in [3.63, 3.8) is 0 Å². The summed E-state index contributed by atoms with van der Waals surface area (Å²) < 4.78 is 55.9. The highest BCUT2D eigenvalue weighted by atomic mass is 32.2. The van der Waals surface area contributed by atoms with Crippen molar-refractivity contribution in [1.29, 1.82) is 0 Å². The minimum atomic E-state index is -3.31. The zero-order valence-electron chi connectivity index (χ0n) is 17.9. The quantitative estimate of drug-likeness (QED) is 0.370. The van der Waals surface area contributed by atoms with E-state index in [1.807, 2.05) is 0 Å². The predicted molar refractivity (Wildman–Crippen MR) is 120 cm³/mol. The molecule has 0 aliphatic heterocycles. The molecule has 4 aromatic rings. The fraction of sp³-hybridized carbons (Fsp3) is 0.125. The molecule has 9 heteroatoms. The molecule has 1 heterocycles. The summed E-state index contributed by atoms with van der Waals surface area (Å²) in [6.45, 7) is 0.0288. The predicted octanol–water partition coefficient (Wildman–Crippen LogP) is 4.79. The Labute approximate surface area is 190 Å². The Bertz CT molecular complexity index is 1370. The van der Waals surface area contributed by atoms with Crippen molar-refractivity contribution in [1.82, 2.24) is 9.78 Å². The van der Waals surface area contributed by atoms with Gasteiger partial charge in [0.25, 0.3) is 0 Å². The van der Waals surface area contributed by atoms with Crippen molar-refractivity contribution in [3.8, 4) is 28.8 Å². The Hall–Kier alpha value is -3.85. The van der Waals surface area contributed by atoms with Crippen LogP contribution in [0.5, 0.6) is 23.1 Å². The smallest absolute Gasteiger partial charge is 0.232 e. The van der Waals surface area contributed by atoms with Crippen molar-refractivity contribution in [3.05, 3.63) is 90.4 Å². The van der Waals surface area contributed by atoms with Gasteiger partial charge in [-0.15, -0.1) is 5.10 Å². The molecule has 0 radical (unpaired) electrons. The molecule has 0 atom stereocenters. The van der Waals surface area contributed by atoms with Crippen molar-refractivity contribution < 1.29 is 27.0 Å². The van der Waals surface area contributed by atoms with Crippen LogP contribution in [0.25, 0.3) is 5.69 Å². The first kappa shape index (κ1) is 22.3. The van der Waals surface area contributed by atoms with Gasteiger partial charge in [-0.05, 0) is 30.3 Å². The Morgan fingerprint density at radius 3 is 2.33 bits per heavy atom. The van der Waals surface area contributed by atoms with Crippen LogP contribution in [-0.2, 0) is 16.4 Å². The summed E-state index contributed by atoms with van der Waals surface area (Å²) in [6, 6.07) is 19.3. The summed E-state index contributed by atoms with van der Waals surface area (Å²) in [5.74, 6) is 1.39. The van der Waals surface area contributed by atoms with Crippen molar-refractivity contribution in [2.24, 2.45) is 0 Å². The topological polar surface area (TPSA) is 79.7 Å². The van der Waals surface area contributed by atoms with E-state index in [4.69, 9.17) is 14.2 Å². The lowest BCUT2D eigenvalue weighted by atomic mass is 10.2. The Morgan fingerprint density at radius 1 is 0.939 bits per heavy atom. The van der Waals surface area contributed by atoms with Gasteiger partial charge in [0.05, 0.1) is 17.7 Å². The van der Waals surface area contributed by atoms with E-state index in [1.165, 1.54) is 25.3 Å². The SMILES string of the molecule is COc1ccn(-c2cc(OCc3ccccc3F)cc(Oc3ccc(S(C)(=O)=O)cc3)c2)n1. The molecule has 0 spiro atoms. The maximum Gasteiger partial charge on any atom is 0.232 e. The third kappa shape index (κ3) is 5.50. The Kier molecular flexibility index (Phi) is 6.32. The number of hydrogen-bond acceptors (Lipinski definition) is 6. The van der Waals surface area contributed by atoms with E-state index in [0.29, 0.717) is 34.4 Å². The van der Waals surface area contributed by atoms with Crippen LogP contribution in [0.15, 0.2) is 83.9 Å². The minimum Gasteiger partial charge on any atom is -0.489 e. The molecule has 33 heavy (non-hydrogen) atoms. The molecular formula is C24H21FN2O5S. The molecule has 0 amide bonds. The number of rotatable bonds is 8. The summed E-state index contributed by atoms with van der Waals surface area (Å²) in [4.78, 5) is 0.196. The van der Waals surface area contributed by atoms with Gasteiger partial charge in [-0.3, -0.25) is 0 Å². The lowest BCUT2D eigenvalue weighted by molar-refractivity contribution is 0.298. The summed E-state index contributed by atoms with van der Waals surface area (Å²) in [7, 11) is -1.79. The lowest BCUT2D eigenvalue weighted by Crippen LogP contribution is -2.01. The zero-order chi connectivity index (χ0) is 23.4. The number of benzene rings is 3. The third-order valence-corrected chi connectivity index (χ3v) is 5.87. The van der Waals surface area contributed by atoms with Crippen LogP contribution >= 0.6 is 0 Å². The average molecular weight is 469 g/mol. The third-order valence-electron chi connectivity index (χ3n) is 4.74. The largest absolute Gasteiger partial charge is 0.489 e. The molecule has 3 aromatic carbocycles. The van der Waals surface area contributed by atoms with Gasteiger partial charge in [0.2, 0.25) is 5.88 Å². The standard InChI is InChI=1S/C24H21FN2O5S/c1-30-24-11-12-27(26-24)18-13-20(31-16-17-5-3-4-6-23(17)25)15-21(14-18)32-19-7-9-22(10-8-19)33(2,28)29/h3-15H,16H2,1-2H3. The van der Waals surface area contributed by atoms with Gasteiger partial charge in [-0.2, -0.15) is 0 Å². The molecule has 0 aliphatic rings. The van der Waals surface area contributed by atoms with E-state index < -0.39 is 9.84 Å². The number of hydrogen-bond donors (Lipinski definition) is 0.